The molecule has 2 heterocycles. The van der Waals surface area contributed by atoms with Gasteiger partial charge >= 0.3 is 0 Å². The van der Waals surface area contributed by atoms with Crippen molar-refractivity contribution in [2.75, 3.05) is 4.90 Å². The molecule has 0 aliphatic heterocycles. The molecule has 0 saturated heterocycles. The Morgan fingerprint density at radius 2 is 0.603 bits per heavy atom. The zero-order valence-corrected chi connectivity index (χ0v) is 34.5. The molecule has 3 nitrogen and oxygen atoms in total. The third-order valence-electron chi connectivity index (χ3n) is 12.5. The highest BCUT2D eigenvalue weighted by Gasteiger charge is 2.18. The van der Waals surface area contributed by atoms with Crippen molar-refractivity contribution in [2.45, 2.75) is 0 Å². The summed E-state index contributed by atoms with van der Waals surface area (Å²) in [5.41, 5.74) is 17.5. The molecule has 0 N–H and O–H groups in total. The lowest BCUT2D eigenvalue weighted by Crippen LogP contribution is -2.10. The first-order valence-corrected chi connectivity index (χ1v) is 21.6. The first kappa shape index (κ1) is 36.5. The van der Waals surface area contributed by atoms with Crippen LogP contribution in [0.2, 0.25) is 0 Å². The summed E-state index contributed by atoms with van der Waals surface area (Å²) in [6.07, 6.45) is 0. The highest BCUT2D eigenvalue weighted by Crippen LogP contribution is 2.41. The summed E-state index contributed by atoms with van der Waals surface area (Å²) in [6, 6.07) is 90.0. The first-order valence-electron chi connectivity index (χ1n) is 21.6. The van der Waals surface area contributed by atoms with E-state index in [9.17, 15) is 0 Å². The Morgan fingerprint density at radius 3 is 1.16 bits per heavy atom. The number of aromatic nitrogens is 2. The Balaban J connectivity index is 0.950. The minimum Gasteiger partial charge on any atom is -0.310 e. The lowest BCUT2D eigenvalue weighted by molar-refractivity contribution is 1.17. The van der Waals surface area contributed by atoms with Gasteiger partial charge in [0.15, 0.2) is 0 Å². The third kappa shape index (κ3) is 6.38. The molecule has 63 heavy (non-hydrogen) atoms. The predicted octanol–water partition coefficient (Wildman–Crippen LogP) is 16.4. The lowest BCUT2D eigenvalue weighted by Gasteiger charge is -2.26. The first-order chi connectivity index (χ1) is 31.2. The Kier molecular flexibility index (Phi) is 8.83. The highest BCUT2D eigenvalue weighted by molar-refractivity contribution is 6.11. The molecule has 0 unspecified atom stereocenters. The zero-order chi connectivity index (χ0) is 41.7. The van der Waals surface area contributed by atoms with Gasteiger partial charge in [-0.1, -0.05) is 164 Å². The van der Waals surface area contributed by atoms with E-state index in [1.807, 2.05) is 0 Å². The van der Waals surface area contributed by atoms with E-state index in [2.05, 4.69) is 263 Å². The number of benzene rings is 10. The van der Waals surface area contributed by atoms with E-state index in [0.29, 0.717) is 0 Å². The zero-order valence-electron chi connectivity index (χ0n) is 34.5. The summed E-state index contributed by atoms with van der Waals surface area (Å²) < 4.78 is 4.76. The van der Waals surface area contributed by atoms with E-state index in [-0.39, 0.29) is 0 Å². The molecule has 0 atom stereocenters. The van der Waals surface area contributed by atoms with E-state index in [4.69, 9.17) is 0 Å². The van der Waals surface area contributed by atoms with Gasteiger partial charge in [0.2, 0.25) is 0 Å². The van der Waals surface area contributed by atoms with Crippen molar-refractivity contribution < 1.29 is 0 Å². The Morgan fingerprint density at radius 1 is 0.222 bits per heavy atom. The molecular formula is C60H41N3. The molecule has 3 heteroatoms. The molecule has 0 bridgehead atoms. The molecule has 0 fully saturated rings. The van der Waals surface area contributed by atoms with Crippen LogP contribution in [-0.4, -0.2) is 9.13 Å². The van der Waals surface area contributed by atoms with Crippen molar-refractivity contribution in [1.82, 2.24) is 9.13 Å². The number of anilines is 3. The largest absolute Gasteiger partial charge is 0.310 e. The summed E-state index contributed by atoms with van der Waals surface area (Å²) in [5, 5.41) is 5.00. The van der Waals surface area contributed by atoms with Gasteiger partial charge in [-0.2, -0.15) is 0 Å². The average molecular weight is 804 g/mol. The van der Waals surface area contributed by atoms with Gasteiger partial charge in [-0.05, 0) is 118 Å². The van der Waals surface area contributed by atoms with Crippen LogP contribution >= 0.6 is 0 Å². The van der Waals surface area contributed by atoms with Crippen LogP contribution in [0.1, 0.15) is 0 Å². The Hall–Kier alpha value is -8.40. The summed E-state index contributed by atoms with van der Waals surface area (Å²) in [4.78, 5) is 2.38. The maximum atomic E-state index is 2.39. The Bertz CT molecular complexity index is 3530. The van der Waals surface area contributed by atoms with Gasteiger partial charge in [0, 0.05) is 50.0 Å². The number of hydrogen-bond acceptors (Lipinski definition) is 1. The number of rotatable bonds is 8. The molecule has 0 radical (unpaired) electrons. The summed E-state index contributed by atoms with van der Waals surface area (Å²) in [7, 11) is 0. The van der Waals surface area contributed by atoms with Crippen LogP contribution in [0.15, 0.2) is 249 Å². The second kappa shape index (κ2) is 15.3. The number of fused-ring (bicyclic) bond motifs is 6. The predicted molar refractivity (Wildman–Crippen MR) is 266 cm³/mol. The molecule has 0 spiro atoms. The van der Waals surface area contributed by atoms with Crippen molar-refractivity contribution in [3.8, 4) is 44.8 Å². The van der Waals surface area contributed by atoms with E-state index < -0.39 is 0 Å². The average Bonchev–Trinajstić information content (AvgIpc) is 3.88. The molecule has 0 aliphatic rings. The number of hydrogen-bond donors (Lipinski definition) is 0. The number of nitrogens with zero attached hydrogens (tertiary/aromatic N) is 3. The van der Waals surface area contributed by atoms with E-state index in [0.717, 1.165) is 28.4 Å². The molecule has 0 saturated carbocycles. The SMILES string of the molecule is c1ccc(-c2ccc(-c3ccc(N(c4ccc(-c5ccc6c(c5)c5ccccc5n6-c5ccccc5)cc4)c4cccc(-n5c6ccccc6c6ccccc65)c4)cc3)cc2)cc1. The van der Waals surface area contributed by atoms with Crippen LogP contribution in [0.5, 0.6) is 0 Å². The van der Waals surface area contributed by atoms with Crippen molar-refractivity contribution in [1.29, 1.82) is 0 Å². The lowest BCUT2D eigenvalue weighted by atomic mass is 10.00. The van der Waals surface area contributed by atoms with E-state index >= 15 is 0 Å². The van der Waals surface area contributed by atoms with Crippen LogP contribution in [0.4, 0.5) is 17.1 Å². The minimum atomic E-state index is 1.08. The maximum Gasteiger partial charge on any atom is 0.0541 e. The van der Waals surface area contributed by atoms with E-state index in [1.54, 1.807) is 0 Å². The smallest absolute Gasteiger partial charge is 0.0541 e. The van der Waals surface area contributed by atoms with Crippen LogP contribution in [-0.2, 0) is 0 Å². The molecule has 12 aromatic rings. The molecular weight excluding hydrogens is 763 g/mol. The van der Waals surface area contributed by atoms with Gasteiger partial charge in [-0.3, -0.25) is 0 Å². The van der Waals surface area contributed by atoms with Crippen molar-refractivity contribution >= 4 is 60.7 Å². The second-order valence-electron chi connectivity index (χ2n) is 16.2. The van der Waals surface area contributed by atoms with Crippen molar-refractivity contribution in [3.63, 3.8) is 0 Å². The monoisotopic (exact) mass is 803 g/mol. The molecule has 0 aliphatic carbocycles. The molecule has 296 valence electrons. The van der Waals surface area contributed by atoms with Crippen molar-refractivity contribution in [2.24, 2.45) is 0 Å². The van der Waals surface area contributed by atoms with Crippen molar-refractivity contribution in [3.05, 3.63) is 249 Å². The molecule has 10 aromatic carbocycles. The van der Waals surface area contributed by atoms with Crippen LogP contribution in [0, 0.1) is 0 Å². The van der Waals surface area contributed by atoms with Gasteiger partial charge < -0.3 is 14.0 Å². The summed E-state index contributed by atoms with van der Waals surface area (Å²) in [6.45, 7) is 0. The normalized spacial score (nSPS) is 11.5. The molecule has 2 aromatic heterocycles. The second-order valence-corrected chi connectivity index (χ2v) is 16.2. The third-order valence-corrected chi connectivity index (χ3v) is 12.5. The highest BCUT2D eigenvalue weighted by atomic mass is 15.1. The minimum absolute atomic E-state index is 1.08. The maximum absolute atomic E-state index is 2.39. The fraction of sp³-hybridized carbons (Fsp3) is 0. The molecule has 0 amide bonds. The van der Waals surface area contributed by atoms with Crippen LogP contribution in [0.25, 0.3) is 88.4 Å². The summed E-state index contributed by atoms with van der Waals surface area (Å²) >= 11 is 0. The van der Waals surface area contributed by atoms with Gasteiger partial charge in [-0.25, -0.2) is 0 Å². The number of para-hydroxylation sites is 4. The fourth-order valence-corrected chi connectivity index (χ4v) is 9.52. The van der Waals surface area contributed by atoms with Gasteiger partial charge in [0.1, 0.15) is 0 Å². The van der Waals surface area contributed by atoms with Gasteiger partial charge in [0.05, 0.1) is 22.1 Å². The Labute approximate surface area is 366 Å². The van der Waals surface area contributed by atoms with Crippen LogP contribution < -0.4 is 4.90 Å². The van der Waals surface area contributed by atoms with Gasteiger partial charge in [0.25, 0.3) is 0 Å². The molecule has 12 rings (SSSR count). The van der Waals surface area contributed by atoms with E-state index in [1.165, 1.54) is 77.0 Å². The standard InChI is InChI=1S/C60H41N3/c1-3-14-42(15-4-1)43-26-28-44(29-27-43)45-30-35-49(36-31-45)61(51-18-13-19-52(41-51)63-57-23-10-7-20-53(57)54-21-8-11-24-58(54)63)50-37-32-46(33-38-50)47-34-39-60-56(40-47)55-22-9-12-25-59(55)62(60)48-16-5-2-6-17-48/h1-41H. The van der Waals surface area contributed by atoms with Gasteiger partial charge in [-0.15, -0.1) is 0 Å². The fourth-order valence-electron chi connectivity index (χ4n) is 9.52. The quantitative estimate of drug-likeness (QED) is 0.149. The summed E-state index contributed by atoms with van der Waals surface area (Å²) in [5.74, 6) is 0. The van der Waals surface area contributed by atoms with Crippen LogP contribution in [0.3, 0.4) is 0 Å². The topological polar surface area (TPSA) is 13.1 Å².